The van der Waals surface area contributed by atoms with Crippen LogP contribution < -0.4 is 17.0 Å². The number of aromatic nitrogens is 4. The number of aryl methyl sites for hydroxylation is 1. The Hall–Kier alpha value is -1.89. The molecule has 0 saturated carbocycles. The summed E-state index contributed by atoms with van der Waals surface area (Å²) < 4.78 is 22.1. The van der Waals surface area contributed by atoms with Crippen LogP contribution in [0.15, 0.2) is 9.59 Å². The summed E-state index contributed by atoms with van der Waals surface area (Å²) in [4.78, 5) is 31.6. The molecule has 2 aromatic rings. The van der Waals surface area contributed by atoms with E-state index < -0.39 is 42.0 Å². The number of rotatable bonds is 6. The molecule has 5 N–H and O–H groups in total. The van der Waals surface area contributed by atoms with Crippen LogP contribution in [0.4, 0.5) is 10.3 Å². The minimum absolute atomic E-state index is 0.0334. The van der Waals surface area contributed by atoms with Crippen LogP contribution in [0.1, 0.15) is 19.6 Å². The zero-order chi connectivity index (χ0) is 19.9. The lowest BCUT2D eigenvalue weighted by atomic mass is 10.1. The number of anilines is 1. The molecule has 1 aliphatic rings. The maximum absolute atomic E-state index is 14.5. The predicted molar refractivity (Wildman–Crippen MR) is 98.5 cm³/mol. The molecule has 12 heteroatoms. The third-order valence-corrected chi connectivity index (χ3v) is 5.22. The number of alkyl halides is 1. The second-order valence-electron chi connectivity index (χ2n) is 6.32. The van der Waals surface area contributed by atoms with Crippen molar-refractivity contribution in [2.45, 2.75) is 50.6 Å². The number of nitrogen functional groups attached to an aromatic ring is 1. The number of aromatic amines is 1. The van der Waals surface area contributed by atoms with Crippen LogP contribution in [-0.2, 0) is 11.3 Å². The number of nitrogens with one attached hydrogen (secondary N) is 1. The highest BCUT2D eigenvalue weighted by Crippen LogP contribution is 2.34. The minimum Gasteiger partial charge on any atom is -0.390 e. The van der Waals surface area contributed by atoms with Gasteiger partial charge in [0, 0.05) is 12.3 Å². The molecular weight excluding hydrogens is 381 g/mol. The Morgan fingerprint density at radius 1 is 1.48 bits per heavy atom. The Labute approximate surface area is 157 Å². The molecule has 27 heavy (non-hydrogen) atoms. The van der Waals surface area contributed by atoms with E-state index in [1.807, 2.05) is 6.26 Å². The molecule has 1 aliphatic heterocycles. The highest BCUT2D eigenvalue weighted by atomic mass is 32.2. The summed E-state index contributed by atoms with van der Waals surface area (Å²) in [5.41, 5.74) is 4.16. The normalized spacial score (nSPS) is 26.7. The van der Waals surface area contributed by atoms with E-state index in [4.69, 9.17) is 10.5 Å². The van der Waals surface area contributed by atoms with Gasteiger partial charge in [-0.3, -0.25) is 14.3 Å². The number of hydrogen-bond acceptors (Lipinski definition) is 8. The smallest absolute Gasteiger partial charge is 0.332 e. The van der Waals surface area contributed by atoms with Crippen molar-refractivity contribution >= 4 is 28.9 Å². The molecule has 3 rings (SSSR count). The Balaban J connectivity index is 2.18. The summed E-state index contributed by atoms with van der Waals surface area (Å²) in [6.45, 7) is 1.85. The molecule has 0 aromatic carbocycles. The maximum Gasteiger partial charge on any atom is 0.332 e. The van der Waals surface area contributed by atoms with Crippen molar-refractivity contribution in [3.05, 3.63) is 20.8 Å². The van der Waals surface area contributed by atoms with Crippen LogP contribution in [0.5, 0.6) is 0 Å². The van der Waals surface area contributed by atoms with Crippen molar-refractivity contribution in [3.63, 3.8) is 0 Å². The minimum atomic E-state index is -1.90. The molecule has 0 unspecified atom stereocenters. The van der Waals surface area contributed by atoms with E-state index in [9.17, 15) is 24.2 Å². The number of imidazole rings is 1. The van der Waals surface area contributed by atoms with Crippen molar-refractivity contribution in [3.8, 4) is 0 Å². The van der Waals surface area contributed by atoms with E-state index in [-0.39, 0.29) is 30.1 Å². The van der Waals surface area contributed by atoms with Gasteiger partial charge in [-0.05, 0) is 12.7 Å². The molecule has 150 valence electrons. The first kappa shape index (κ1) is 19.9. The number of aliphatic hydroxyl groups excluding tert-OH is 2. The number of halogens is 1. The van der Waals surface area contributed by atoms with Crippen molar-refractivity contribution in [2.24, 2.45) is 0 Å². The molecule has 0 aliphatic carbocycles. The number of nitrogens with two attached hydrogens (primary N) is 1. The SMILES string of the molecule is CC[C@H](O)[C@H]1O[C@@H](n2c(=O)n(CCSC)c3c(=O)[nH]c(N)nc32)[C@H](O)[C@H]1F. The Bertz CT molecular complexity index is 943. The van der Waals surface area contributed by atoms with Gasteiger partial charge in [0.25, 0.3) is 5.56 Å². The summed E-state index contributed by atoms with van der Waals surface area (Å²) in [5.74, 6) is 0.317. The highest BCUT2D eigenvalue weighted by Gasteiger charge is 2.49. The fraction of sp³-hybridized carbons (Fsp3) is 0.667. The third-order valence-electron chi connectivity index (χ3n) is 4.63. The lowest BCUT2D eigenvalue weighted by Crippen LogP contribution is -2.36. The van der Waals surface area contributed by atoms with E-state index in [1.165, 1.54) is 16.3 Å². The topological polar surface area (TPSA) is 148 Å². The van der Waals surface area contributed by atoms with Crippen LogP contribution in [-0.4, -0.2) is 65.8 Å². The maximum atomic E-state index is 14.5. The van der Waals surface area contributed by atoms with Gasteiger partial charge in [0.15, 0.2) is 23.6 Å². The summed E-state index contributed by atoms with van der Waals surface area (Å²) >= 11 is 1.47. The average molecular weight is 403 g/mol. The Morgan fingerprint density at radius 2 is 2.19 bits per heavy atom. The van der Waals surface area contributed by atoms with Gasteiger partial charge in [0.1, 0.15) is 12.2 Å². The molecule has 1 fully saturated rings. The molecular formula is C15H22FN5O5S. The first-order chi connectivity index (χ1) is 12.8. The number of hydrogen-bond donors (Lipinski definition) is 4. The summed E-state index contributed by atoms with van der Waals surface area (Å²) in [6.07, 6.45) is -5.45. The Morgan fingerprint density at radius 3 is 2.81 bits per heavy atom. The second-order valence-corrected chi connectivity index (χ2v) is 7.31. The van der Waals surface area contributed by atoms with Crippen LogP contribution in [0.2, 0.25) is 0 Å². The van der Waals surface area contributed by atoms with Crippen LogP contribution in [0.3, 0.4) is 0 Å². The van der Waals surface area contributed by atoms with Gasteiger partial charge in [-0.1, -0.05) is 6.92 Å². The van der Waals surface area contributed by atoms with Gasteiger partial charge in [-0.25, -0.2) is 13.8 Å². The van der Waals surface area contributed by atoms with E-state index in [2.05, 4.69) is 9.97 Å². The second kappa shape index (κ2) is 7.62. The van der Waals surface area contributed by atoms with Gasteiger partial charge >= 0.3 is 5.69 Å². The summed E-state index contributed by atoms with van der Waals surface area (Å²) in [6, 6.07) is 0. The largest absolute Gasteiger partial charge is 0.390 e. The van der Waals surface area contributed by atoms with Gasteiger partial charge in [-0.15, -0.1) is 0 Å². The number of H-pyrrole nitrogens is 1. The zero-order valence-electron chi connectivity index (χ0n) is 14.8. The number of fused-ring (bicyclic) bond motifs is 1. The van der Waals surface area contributed by atoms with Crippen LogP contribution in [0.25, 0.3) is 11.2 Å². The number of nitrogens with zero attached hydrogens (tertiary/aromatic N) is 3. The number of aliphatic hydroxyl groups is 2. The summed E-state index contributed by atoms with van der Waals surface area (Å²) in [5, 5.41) is 20.2. The van der Waals surface area contributed by atoms with Crippen LogP contribution in [0, 0.1) is 0 Å². The van der Waals surface area contributed by atoms with E-state index >= 15 is 0 Å². The van der Waals surface area contributed by atoms with E-state index in [0.29, 0.717) is 5.75 Å². The molecule has 5 atom stereocenters. The third kappa shape index (κ3) is 3.26. The fourth-order valence-corrected chi connectivity index (χ4v) is 3.60. The summed E-state index contributed by atoms with van der Waals surface area (Å²) in [7, 11) is 0. The van der Waals surface area contributed by atoms with Gasteiger partial charge in [-0.2, -0.15) is 16.7 Å². The number of thioether (sulfide) groups is 1. The molecule has 1 saturated heterocycles. The molecule has 0 amide bonds. The predicted octanol–water partition coefficient (Wildman–Crippen LogP) is -0.801. The van der Waals surface area contributed by atoms with Gasteiger partial charge in [0.05, 0.1) is 6.10 Å². The first-order valence-electron chi connectivity index (χ1n) is 8.46. The lowest BCUT2D eigenvalue weighted by Gasteiger charge is -2.18. The van der Waals surface area contributed by atoms with Crippen molar-refractivity contribution < 1.29 is 19.3 Å². The van der Waals surface area contributed by atoms with E-state index in [1.54, 1.807) is 6.92 Å². The van der Waals surface area contributed by atoms with Crippen molar-refractivity contribution in [1.29, 1.82) is 0 Å². The van der Waals surface area contributed by atoms with Crippen LogP contribution >= 0.6 is 11.8 Å². The average Bonchev–Trinajstić information content (AvgIpc) is 3.07. The molecule has 3 heterocycles. The molecule has 0 radical (unpaired) electrons. The standard InChI is InChI=1S/C15H22FN5O5S/c1-3-6(22)10-7(16)9(23)13(26-10)21-11-8(12(24)19-14(17)18-11)20(15(21)25)4-5-27-2/h6-7,9-10,13,22-23H,3-5H2,1-2H3,(H3,17,18,19,24)/t6-,7+,9+,10+,13+/m0/s1. The lowest BCUT2D eigenvalue weighted by molar-refractivity contribution is -0.0799. The molecule has 0 bridgehead atoms. The first-order valence-corrected chi connectivity index (χ1v) is 9.86. The van der Waals surface area contributed by atoms with Crippen molar-refractivity contribution in [2.75, 3.05) is 17.7 Å². The quantitative estimate of drug-likeness (QED) is 0.490. The van der Waals surface area contributed by atoms with Gasteiger partial charge in [0.2, 0.25) is 5.95 Å². The molecule has 2 aromatic heterocycles. The molecule has 0 spiro atoms. The monoisotopic (exact) mass is 403 g/mol. The van der Waals surface area contributed by atoms with Crippen molar-refractivity contribution in [1.82, 2.24) is 19.1 Å². The fourth-order valence-electron chi connectivity index (χ4n) is 3.24. The number of ether oxygens (including phenoxy) is 1. The zero-order valence-corrected chi connectivity index (χ0v) is 15.6. The Kier molecular flexibility index (Phi) is 5.60. The van der Waals surface area contributed by atoms with Gasteiger partial charge < -0.3 is 20.7 Å². The molecule has 10 nitrogen and oxygen atoms in total. The highest BCUT2D eigenvalue weighted by molar-refractivity contribution is 7.98. The van der Waals surface area contributed by atoms with E-state index in [0.717, 1.165) is 4.57 Å².